The van der Waals surface area contributed by atoms with Crippen LogP contribution < -0.4 is 0 Å². The first kappa shape index (κ1) is 18.6. The lowest BCUT2D eigenvalue weighted by molar-refractivity contribution is 0.605. The summed E-state index contributed by atoms with van der Waals surface area (Å²) in [6.45, 7) is 4.05. The quantitative estimate of drug-likeness (QED) is 0.170. The molecule has 0 saturated heterocycles. The van der Waals surface area contributed by atoms with Gasteiger partial charge >= 0.3 is 0 Å². The molecule has 6 rings (SSSR count). The molecule has 0 bridgehead atoms. The third-order valence-electron chi connectivity index (χ3n) is 5.99. The van der Waals surface area contributed by atoms with E-state index in [9.17, 15) is 0 Å². The Labute approximate surface area is 185 Å². The van der Waals surface area contributed by atoms with Crippen LogP contribution in [-0.4, -0.2) is 23.1 Å². The second-order valence-corrected chi connectivity index (χ2v) is 7.97. The van der Waals surface area contributed by atoms with E-state index in [0.29, 0.717) is 0 Å². The van der Waals surface area contributed by atoms with Crippen LogP contribution in [-0.2, 0) is 0 Å². The molecule has 0 fully saturated rings. The van der Waals surface area contributed by atoms with Crippen molar-refractivity contribution < 1.29 is 4.42 Å². The molecule has 0 aliphatic heterocycles. The summed E-state index contributed by atoms with van der Waals surface area (Å²) in [4.78, 5) is 4.51. The molecule has 4 heteroatoms. The number of aromatic nitrogens is 1. The summed E-state index contributed by atoms with van der Waals surface area (Å²) < 4.78 is 8.38. The predicted molar refractivity (Wildman–Crippen MR) is 136 cm³/mol. The molecule has 4 nitrogen and oxygen atoms in total. The molecule has 1 aliphatic carbocycles. The van der Waals surface area contributed by atoms with Crippen molar-refractivity contribution in [1.29, 1.82) is 0 Å². The normalized spacial score (nSPS) is 14.6. The van der Waals surface area contributed by atoms with Crippen molar-refractivity contribution in [2.75, 3.05) is 0 Å². The highest BCUT2D eigenvalue weighted by atomic mass is 16.3. The smallest absolute Gasteiger partial charge is 0.162 e. The molecule has 0 radical (unpaired) electrons. The average Bonchev–Trinajstić information content (AvgIpc) is 3.49. The second-order valence-electron chi connectivity index (χ2n) is 7.97. The van der Waals surface area contributed by atoms with Gasteiger partial charge in [-0.15, -0.1) is 5.73 Å². The van der Waals surface area contributed by atoms with Gasteiger partial charge in [0.2, 0.25) is 0 Å². The highest BCUT2D eigenvalue weighted by Gasteiger charge is 2.23. The van der Waals surface area contributed by atoms with Crippen molar-refractivity contribution in [1.82, 2.24) is 4.68 Å². The lowest BCUT2D eigenvalue weighted by atomic mass is 9.98. The van der Waals surface area contributed by atoms with Crippen molar-refractivity contribution in [3.63, 3.8) is 0 Å². The van der Waals surface area contributed by atoms with E-state index in [2.05, 4.69) is 53.2 Å². The van der Waals surface area contributed by atoms with Crippen molar-refractivity contribution in [3.8, 4) is 0 Å². The van der Waals surface area contributed by atoms with E-state index in [-0.39, 0.29) is 6.04 Å². The molecule has 3 aromatic carbocycles. The number of hydrogen-bond donors (Lipinski definition) is 0. The zero-order valence-electron chi connectivity index (χ0n) is 17.9. The number of aliphatic imine (C=N–C) groups is 1. The van der Waals surface area contributed by atoms with Gasteiger partial charge in [0.15, 0.2) is 5.58 Å². The molecule has 5 aromatic rings. The molecule has 154 valence electrons. The molecular weight excluding hydrogens is 394 g/mol. The fourth-order valence-electron chi connectivity index (χ4n) is 4.69. The van der Waals surface area contributed by atoms with Crippen LogP contribution in [0.4, 0.5) is 0 Å². The van der Waals surface area contributed by atoms with Crippen LogP contribution >= 0.6 is 0 Å². The third kappa shape index (κ3) is 2.64. The first-order valence-electron chi connectivity index (χ1n) is 10.8. The van der Waals surface area contributed by atoms with Crippen molar-refractivity contribution in [2.45, 2.75) is 19.9 Å². The summed E-state index contributed by atoms with van der Waals surface area (Å²) in [6, 6.07) is 17.0. The molecule has 32 heavy (non-hydrogen) atoms. The Morgan fingerprint density at radius 2 is 1.69 bits per heavy atom. The zero-order chi connectivity index (χ0) is 21.7. The summed E-state index contributed by atoms with van der Waals surface area (Å²) in [6.07, 6.45) is 11.5. The SMILES string of the molecule is C/C=C\C(C)N=CC=Nn1c2ccccc2c2c3ccccc3c3c4c(oc3c21)C=C=C4. The van der Waals surface area contributed by atoms with Gasteiger partial charge < -0.3 is 4.42 Å². The van der Waals surface area contributed by atoms with Gasteiger partial charge in [0, 0.05) is 34.0 Å². The predicted octanol–water partition coefficient (Wildman–Crippen LogP) is 7.20. The Morgan fingerprint density at radius 1 is 0.938 bits per heavy atom. The Bertz CT molecular complexity index is 1680. The van der Waals surface area contributed by atoms with E-state index in [1.165, 1.54) is 10.8 Å². The molecule has 1 unspecified atom stereocenters. The van der Waals surface area contributed by atoms with E-state index in [4.69, 9.17) is 9.52 Å². The van der Waals surface area contributed by atoms with Crippen LogP contribution in [0.25, 0.3) is 55.7 Å². The van der Waals surface area contributed by atoms with Gasteiger partial charge in [-0.2, -0.15) is 5.10 Å². The molecule has 0 N–H and O–H groups in total. The maximum atomic E-state index is 6.39. The van der Waals surface area contributed by atoms with Gasteiger partial charge in [-0.05, 0) is 36.8 Å². The Morgan fingerprint density at radius 3 is 2.50 bits per heavy atom. The lowest BCUT2D eigenvalue weighted by Crippen LogP contribution is -1.95. The van der Waals surface area contributed by atoms with E-state index in [1.807, 2.05) is 48.9 Å². The van der Waals surface area contributed by atoms with Gasteiger partial charge in [0.25, 0.3) is 0 Å². The number of para-hydroxylation sites is 1. The maximum absolute atomic E-state index is 6.39. The van der Waals surface area contributed by atoms with Gasteiger partial charge in [0.05, 0.1) is 17.8 Å². The van der Waals surface area contributed by atoms with Crippen molar-refractivity contribution in [3.05, 3.63) is 77.7 Å². The Balaban J connectivity index is 1.72. The molecule has 0 saturated carbocycles. The molecule has 1 atom stereocenters. The molecule has 2 heterocycles. The monoisotopic (exact) mass is 415 g/mol. The average molecular weight is 415 g/mol. The van der Waals surface area contributed by atoms with Gasteiger partial charge in [-0.25, -0.2) is 4.68 Å². The van der Waals surface area contributed by atoms with Crippen LogP contribution in [0.5, 0.6) is 0 Å². The van der Waals surface area contributed by atoms with Crippen LogP contribution in [0.1, 0.15) is 25.2 Å². The van der Waals surface area contributed by atoms with Crippen LogP contribution in [0.3, 0.4) is 0 Å². The van der Waals surface area contributed by atoms with Crippen LogP contribution in [0.2, 0.25) is 0 Å². The second kappa shape index (κ2) is 7.23. The summed E-state index contributed by atoms with van der Waals surface area (Å²) in [5.41, 5.74) is 7.12. The van der Waals surface area contributed by atoms with Crippen LogP contribution in [0, 0.1) is 0 Å². The number of allylic oxidation sites excluding steroid dienone is 1. The maximum Gasteiger partial charge on any atom is 0.162 e. The first-order valence-corrected chi connectivity index (χ1v) is 10.8. The van der Waals surface area contributed by atoms with Crippen molar-refractivity contribution >= 4 is 68.1 Å². The number of nitrogens with zero attached hydrogens (tertiary/aromatic N) is 3. The largest absolute Gasteiger partial charge is 0.453 e. The van der Waals surface area contributed by atoms with E-state index >= 15 is 0 Å². The molecule has 1 aliphatic rings. The minimum Gasteiger partial charge on any atom is -0.453 e. The van der Waals surface area contributed by atoms with Gasteiger partial charge in [-0.1, -0.05) is 54.6 Å². The number of rotatable bonds is 4. The first-order chi connectivity index (χ1) is 15.8. The molecular formula is C28H21N3O. The minimum absolute atomic E-state index is 0.117. The highest BCUT2D eigenvalue weighted by Crippen LogP contribution is 2.44. The number of benzene rings is 3. The molecule has 2 aromatic heterocycles. The third-order valence-corrected chi connectivity index (χ3v) is 5.99. The molecule has 0 spiro atoms. The standard InChI is InChI=1S/C28H21N3O/c1-3-9-18(2)29-16-17-30-31-23-14-7-6-12-21(23)25-19-10-4-5-11-20(19)26-22-13-8-15-24(22)32-28(26)27(25)31/h3-7,9-18H,1-2H3/b9-3-,29-16?,30-17?. The minimum atomic E-state index is 0.117. The summed E-state index contributed by atoms with van der Waals surface area (Å²) in [5.74, 6) is 0.847. The Kier molecular flexibility index (Phi) is 4.20. The lowest BCUT2D eigenvalue weighted by Gasteiger charge is -2.05. The summed E-state index contributed by atoms with van der Waals surface area (Å²) in [5, 5.41) is 10.6. The van der Waals surface area contributed by atoms with Gasteiger partial charge in [0.1, 0.15) is 11.3 Å². The van der Waals surface area contributed by atoms with Gasteiger partial charge in [-0.3, -0.25) is 4.99 Å². The number of furan rings is 1. The number of hydrogen-bond acceptors (Lipinski definition) is 3. The summed E-state index contributed by atoms with van der Waals surface area (Å²) >= 11 is 0. The molecule has 0 amide bonds. The van der Waals surface area contributed by atoms with E-state index in [0.717, 1.165) is 44.1 Å². The van der Waals surface area contributed by atoms with Crippen molar-refractivity contribution in [2.24, 2.45) is 10.1 Å². The topological polar surface area (TPSA) is 42.8 Å². The highest BCUT2D eigenvalue weighted by molar-refractivity contribution is 6.32. The van der Waals surface area contributed by atoms with Crippen LogP contribution in [0.15, 0.2) is 80.9 Å². The fourth-order valence-corrected chi connectivity index (χ4v) is 4.69. The summed E-state index contributed by atoms with van der Waals surface area (Å²) in [7, 11) is 0. The Hall–Kier alpha value is -4.14. The van der Waals surface area contributed by atoms with E-state index < -0.39 is 0 Å². The zero-order valence-corrected chi connectivity index (χ0v) is 17.9. The van der Waals surface area contributed by atoms with E-state index in [1.54, 1.807) is 12.4 Å². The number of fused-ring (bicyclic) bond motifs is 10. The fraction of sp³-hybridized carbons (Fsp3) is 0.107.